The first kappa shape index (κ1) is 21.2. The molecule has 2 amide bonds. The minimum absolute atomic E-state index is 0.114. The third kappa shape index (κ3) is 4.38. The molecule has 2 fully saturated rings. The summed E-state index contributed by atoms with van der Waals surface area (Å²) >= 11 is 12.0. The number of ether oxygens (including phenoxy) is 2. The summed E-state index contributed by atoms with van der Waals surface area (Å²) in [5, 5.41) is 10.3. The zero-order valence-electron chi connectivity index (χ0n) is 15.9. The van der Waals surface area contributed by atoms with E-state index in [1.165, 1.54) is 11.9 Å². The Kier molecular flexibility index (Phi) is 6.39. The van der Waals surface area contributed by atoms with Crippen LogP contribution in [0.3, 0.4) is 0 Å². The Morgan fingerprint density at radius 1 is 1.14 bits per heavy atom. The zero-order valence-corrected chi connectivity index (χ0v) is 17.4. The molecule has 2 aliphatic rings. The molecule has 1 spiro atoms. The smallest absolute Gasteiger partial charge is 0.407 e. The molecule has 1 N–H and O–H groups in total. The van der Waals surface area contributed by atoms with Crippen molar-refractivity contribution in [1.82, 2.24) is 9.80 Å². The van der Waals surface area contributed by atoms with Crippen LogP contribution in [0.15, 0.2) is 18.2 Å². The van der Waals surface area contributed by atoms with E-state index < -0.39 is 17.9 Å². The second-order valence-corrected chi connectivity index (χ2v) is 8.12. The highest BCUT2D eigenvalue weighted by molar-refractivity contribution is 6.42. The molecule has 2 atom stereocenters. The normalized spacial score (nSPS) is 23.6. The Morgan fingerprint density at radius 2 is 1.82 bits per heavy atom. The number of likely N-dealkylation sites (N-methyl/N-ethyl adjacent to an activating group) is 2. The Labute approximate surface area is 174 Å². The van der Waals surface area contributed by atoms with Crippen molar-refractivity contribution >= 4 is 35.2 Å². The van der Waals surface area contributed by atoms with Gasteiger partial charge in [-0.15, -0.1) is 0 Å². The predicted octanol–water partition coefficient (Wildman–Crippen LogP) is 3.27. The van der Waals surface area contributed by atoms with Crippen molar-refractivity contribution < 1.29 is 24.2 Å². The minimum atomic E-state index is -1.05. The lowest BCUT2D eigenvalue weighted by molar-refractivity contribution is -0.196. The van der Waals surface area contributed by atoms with Crippen LogP contribution in [0.4, 0.5) is 4.79 Å². The van der Waals surface area contributed by atoms with Crippen LogP contribution >= 0.6 is 23.2 Å². The van der Waals surface area contributed by atoms with Gasteiger partial charge in [-0.1, -0.05) is 29.3 Å². The summed E-state index contributed by atoms with van der Waals surface area (Å²) in [5.74, 6) is -0.866. The first-order chi connectivity index (χ1) is 13.2. The van der Waals surface area contributed by atoms with Crippen LogP contribution in [-0.2, 0) is 20.7 Å². The fourth-order valence-corrected chi connectivity index (χ4v) is 4.32. The number of rotatable bonds is 4. The van der Waals surface area contributed by atoms with Crippen molar-refractivity contribution in [2.75, 3.05) is 27.3 Å². The van der Waals surface area contributed by atoms with E-state index in [1.54, 1.807) is 30.1 Å². The van der Waals surface area contributed by atoms with Crippen molar-refractivity contribution in [3.63, 3.8) is 0 Å². The molecule has 1 aliphatic carbocycles. The van der Waals surface area contributed by atoms with Gasteiger partial charge in [-0.2, -0.15) is 0 Å². The quantitative estimate of drug-likeness (QED) is 0.792. The Bertz CT molecular complexity index is 754. The fourth-order valence-electron chi connectivity index (χ4n) is 4.00. The maximum atomic E-state index is 12.9. The molecule has 3 rings (SSSR count). The first-order valence-corrected chi connectivity index (χ1v) is 9.91. The van der Waals surface area contributed by atoms with E-state index in [-0.39, 0.29) is 18.4 Å². The van der Waals surface area contributed by atoms with Crippen molar-refractivity contribution in [2.45, 2.75) is 43.6 Å². The third-order valence-corrected chi connectivity index (χ3v) is 6.37. The molecule has 1 heterocycles. The Hall–Kier alpha value is -1.54. The van der Waals surface area contributed by atoms with Crippen molar-refractivity contribution in [1.29, 1.82) is 0 Å². The number of hydrogen-bond acceptors (Lipinski definition) is 4. The van der Waals surface area contributed by atoms with Gasteiger partial charge >= 0.3 is 6.09 Å². The number of amides is 2. The summed E-state index contributed by atoms with van der Waals surface area (Å²) < 4.78 is 11.6. The lowest BCUT2D eigenvalue weighted by atomic mass is 9.84. The largest absolute Gasteiger partial charge is 0.465 e. The summed E-state index contributed by atoms with van der Waals surface area (Å²) in [6, 6.07) is 4.40. The van der Waals surface area contributed by atoms with E-state index >= 15 is 0 Å². The number of nitrogens with zero attached hydrogens (tertiary/aromatic N) is 2. The van der Waals surface area contributed by atoms with Crippen LogP contribution in [0, 0.1) is 0 Å². The second-order valence-electron chi connectivity index (χ2n) is 7.31. The monoisotopic (exact) mass is 430 g/mol. The molecule has 0 bridgehead atoms. The van der Waals surface area contributed by atoms with Crippen LogP contribution in [0.25, 0.3) is 0 Å². The van der Waals surface area contributed by atoms with Gasteiger partial charge in [0.2, 0.25) is 5.91 Å². The number of halogens is 2. The van der Waals surface area contributed by atoms with Gasteiger partial charge in [0.1, 0.15) is 0 Å². The molecule has 1 aromatic carbocycles. The van der Waals surface area contributed by atoms with Crippen molar-refractivity contribution in [3.8, 4) is 0 Å². The van der Waals surface area contributed by atoms with E-state index in [4.69, 9.17) is 32.7 Å². The summed E-state index contributed by atoms with van der Waals surface area (Å²) in [6.45, 7) is 1.00. The zero-order chi connectivity index (χ0) is 20.5. The molecule has 7 nitrogen and oxygen atoms in total. The molecule has 0 aromatic heterocycles. The van der Waals surface area contributed by atoms with Gasteiger partial charge in [0, 0.05) is 26.9 Å². The molecule has 1 aromatic rings. The first-order valence-electron chi connectivity index (χ1n) is 9.16. The summed E-state index contributed by atoms with van der Waals surface area (Å²) in [7, 11) is 3.23. The molecule has 1 saturated heterocycles. The molecule has 154 valence electrons. The molecule has 0 radical (unpaired) electrons. The molecular formula is C19H24Cl2N2O5. The van der Waals surface area contributed by atoms with Crippen molar-refractivity contribution in [3.05, 3.63) is 33.8 Å². The maximum absolute atomic E-state index is 12.9. The molecule has 9 heteroatoms. The molecule has 1 saturated carbocycles. The molecule has 28 heavy (non-hydrogen) atoms. The standard InChI is InChI=1S/C19H24Cl2N2O5/c1-22(17(24)10-12-3-4-13(20)14(21)9-12)15-5-6-19(27-7-8-28-19)11-16(15)23(2)18(25)26/h3-4,9,15-16H,5-8,10-11H2,1-2H3,(H,25,26)/t15-,16-/m0/s1. The molecule has 0 unspecified atom stereocenters. The number of hydrogen-bond donors (Lipinski definition) is 1. The summed E-state index contributed by atoms with van der Waals surface area (Å²) in [6.07, 6.45) is 0.712. The highest BCUT2D eigenvalue weighted by Crippen LogP contribution is 2.39. The van der Waals surface area contributed by atoms with E-state index in [0.717, 1.165) is 5.56 Å². The van der Waals surface area contributed by atoms with Crippen LogP contribution < -0.4 is 0 Å². The van der Waals surface area contributed by atoms with Gasteiger partial charge in [-0.25, -0.2) is 4.79 Å². The lowest BCUT2D eigenvalue weighted by Gasteiger charge is -2.46. The second kappa shape index (κ2) is 8.45. The number of carbonyl (C=O) groups is 2. The summed E-state index contributed by atoms with van der Waals surface area (Å²) in [4.78, 5) is 27.4. The van der Waals surface area contributed by atoms with E-state index in [2.05, 4.69) is 0 Å². The lowest BCUT2D eigenvalue weighted by Crippen LogP contribution is -2.59. The third-order valence-electron chi connectivity index (χ3n) is 5.63. The summed E-state index contributed by atoms with van der Waals surface area (Å²) in [5.41, 5.74) is 0.754. The maximum Gasteiger partial charge on any atom is 0.407 e. The van der Waals surface area contributed by atoms with Crippen LogP contribution in [0.2, 0.25) is 10.0 Å². The highest BCUT2D eigenvalue weighted by atomic mass is 35.5. The SMILES string of the molecule is CN(C(=O)O)[C@H]1CC2(CC[C@@H]1N(C)C(=O)Cc1ccc(Cl)c(Cl)c1)OCCO2. The van der Waals surface area contributed by atoms with E-state index in [1.807, 2.05) is 0 Å². The fraction of sp³-hybridized carbons (Fsp3) is 0.579. The average molecular weight is 431 g/mol. The predicted molar refractivity (Wildman–Crippen MR) is 105 cm³/mol. The highest BCUT2D eigenvalue weighted by Gasteiger charge is 2.48. The van der Waals surface area contributed by atoms with Gasteiger partial charge in [-0.3, -0.25) is 4.79 Å². The Morgan fingerprint density at radius 3 is 2.43 bits per heavy atom. The van der Waals surface area contributed by atoms with E-state index in [9.17, 15) is 14.7 Å². The minimum Gasteiger partial charge on any atom is -0.465 e. The number of carboxylic acid groups (broad SMARTS) is 1. The molecular weight excluding hydrogens is 407 g/mol. The number of carbonyl (C=O) groups excluding carboxylic acids is 1. The van der Waals surface area contributed by atoms with Gasteiger partial charge in [-0.05, 0) is 24.1 Å². The molecule has 1 aliphatic heterocycles. The van der Waals surface area contributed by atoms with Crippen LogP contribution in [0.1, 0.15) is 24.8 Å². The van der Waals surface area contributed by atoms with Crippen LogP contribution in [0.5, 0.6) is 0 Å². The topological polar surface area (TPSA) is 79.3 Å². The van der Waals surface area contributed by atoms with Gasteiger partial charge < -0.3 is 24.4 Å². The van der Waals surface area contributed by atoms with Gasteiger partial charge in [0.25, 0.3) is 0 Å². The van der Waals surface area contributed by atoms with Gasteiger partial charge in [0.15, 0.2) is 5.79 Å². The van der Waals surface area contributed by atoms with Gasteiger partial charge in [0.05, 0.1) is 41.8 Å². The van der Waals surface area contributed by atoms with E-state index in [0.29, 0.717) is 42.5 Å². The average Bonchev–Trinajstić information content (AvgIpc) is 3.11. The Balaban J connectivity index is 1.75. The van der Waals surface area contributed by atoms with Crippen LogP contribution in [-0.4, -0.2) is 72.1 Å². The van der Waals surface area contributed by atoms with Crippen molar-refractivity contribution in [2.24, 2.45) is 0 Å². The number of benzene rings is 1.